The van der Waals surface area contributed by atoms with Gasteiger partial charge in [0.15, 0.2) is 0 Å². The maximum absolute atomic E-state index is 12.2. The van der Waals surface area contributed by atoms with Crippen molar-refractivity contribution in [3.63, 3.8) is 0 Å². The van der Waals surface area contributed by atoms with Crippen molar-refractivity contribution in [3.8, 4) is 5.75 Å². The standard InChI is InChI=1S/C13H16F2O/c1-4-9(3)11-7-6-8-12(10(11)5-2)16-13(14)15/h4,6-9,13H,1,5H2,2-3H3. The minimum absolute atomic E-state index is 0.135. The van der Waals surface area contributed by atoms with Crippen LogP contribution in [0.1, 0.15) is 30.9 Å². The summed E-state index contributed by atoms with van der Waals surface area (Å²) in [7, 11) is 0. The molecule has 0 radical (unpaired) electrons. The number of benzene rings is 1. The van der Waals surface area contributed by atoms with Crippen LogP contribution in [0.15, 0.2) is 30.9 Å². The molecule has 88 valence electrons. The molecule has 1 atom stereocenters. The number of allylic oxidation sites excluding steroid dienone is 1. The molecule has 0 saturated carbocycles. The molecule has 0 aliphatic carbocycles. The third kappa shape index (κ3) is 2.81. The lowest BCUT2D eigenvalue weighted by Crippen LogP contribution is -2.06. The largest absolute Gasteiger partial charge is 0.435 e. The van der Waals surface area contributed by atoms with E-state index < -0.39 is 6.61 Å². The summed E-state index contributed by atoms with van der Waals surface area (Å²) in [6, 6.07) is 5.22. The second kappa shape index (κ2) is 5.64. The van der Waals surface area contributed by atoms with E-state index in [4.69, 9.17) is 0 Å². The molecule has 0 aromatic heterocycles. The zero-order chi connectivity index (χ0) is 12.1. The number of halogens is 2. The third-order valence-electron chi connectivity index (χ3n) is 2.58. The normalized spacial score (nSPS) is 12.6. The van der Waals surface area contributed by atoms with Crippen LogP contribution in [-0.2, 0) is 6.42 Å². The Morgan fingerprint density at radius 1 is 1.44 bits per heavy atom. The van der Waals surface area contributed by atoms with Gasteiger partial charge in [0.25, 0.3) is 0 Å². The Kier molecular flexibility index (Phi) is 4.47. The lowest BCUT2D eigenvalue weighted by Gasteiger charge is -2.16. The average Bonchev–Trinajstić information content (AvgIpc) is 2.27. The topological polar surface area (TPSA) is 9.23 Å². The Morgan fingerprint density at radius 3 is 2.62 bits per heavy atom. The molecule has 0 heterocycles. The minimum Gasteiger partial charge on any atom is -0.435 e. The van der Waals surface area contributed by atoms with Crippen LogP contribution in [0.2, 0.25) is 0 Å². The molecule has 0 bridgehead atoms. The molecule has 3 heteroatoms. The van der Waals surface area contributed by atoms with E-state index in [1.807, 2.05) is 19.9 Å². The first-order valence-corrected chi connectivity index (χ1v) is 5.29. The fraction of sp³-hybridized carbons (Fsp3) is 0.385. The van der Waals surface area contributed by atoms with Gasteiger partial charge in [0.05, 0.1) is 0 Å². The average molecular weight is 226 g/mol. The molecule has 1 aromatic rings. The Morgan fingerprint density at radius 2 is 2.12 bits per heavy atom. The predicted molar refractivity (Wildman–Crippen MR) is 61.1 cm³/mol. The van der Waals surface area contributed by atoms with Crippen LogP contribution in [0.5, 0.6) is 5.75 Å². The van der Waals surface area contributed by atoms with Crippen molar-refractivity contribution in [3.05, 3.63) is 42.0 Å². The van der Waals surface area contributed by atoms with Crippen molar-refractivity contribution in [2.24, 2.45) is 0 Å². The molecule has 1 aromatic carbocycles. The van der Waals surface area contributed by atoms with E-state index in [9.17, 15) is 8.78 Å². The van der Waals surface area contributed by atoms with E-state index in [0.717, 1.165) is 11.1 Å². The van der Waals surface area contributed by atoms with E-state index in [1.54, 1.807) is 18.2 Å². The van der Waals surface area contributed by atoms with Gasteiger partial charge >= 0.3 is 6.61 Å². The Balaban J connectivity index is 3.14. The van der Waals surface area contributed by atoms with E-state index in [0.29, 0.717) is 6.42 Å². The van der Waals surface area contributed by atoms with Crippen molar-refractivity contribution in [2.45, 2.75) is 32.8 Å². The highest BCUT2D eigenvalue weighted by atomic mass is 19.3. The van der Waals surface area contributed by atoms with Crippen LogP contribution in [0.3, 0.4) is 0 Å². The fourth-order valence-corrected chi connectivity index (χ4v) is 1.72. The van der Waals surface area contributed by atoms with Gasteiger partial charge in [0.1, 0.15) is 5.75 Å². The Labute approximate surface area is 94.7 Å². The molecule has 0 spiro atoms. The summed E-state index contributed by atoms with van der Waals surface area (Å²) in [5.41, 5.74) is 1.82. The molecule has 0 fully saturated rings. The fourth-order valence-electron chi connectivity index (χ4n) is 1.72. The SMILES string of the molecule is C=CC(C)c1cccc(OC(F)F)c1CC. The Hall–Kier alpha value is -1.38. The first-order valence-electron chi connectivity index (χ1n) is 5.29. The van der Waals surface area contributed by atoms with Crippen molar-refractivity contribution < 1.29 is 13.5 Å². The van der Waals surface area contributed by atoms with E-state index in [-0.39, 0.29) is 11.7 Å². The van der Waals surface area contributed by atoms with Crippen molar-refractivity contribution in [1.82, 2.24) is 0 Å². The van der Waals surface area contributed by atoms with E-state index >= 15 is 0 Å². The summed E-state index contributed by atoms with van der Waals surface area (Å²) in [4.78, 5) is 0. The minimum atomic E-state index is -2.78. The summed E-state index contributed by atoms with van der Waals surface area (Å²) in [6.07, 6.45) is 2.46. The Bertz CT molecular complexity index is 361. The van der Waals surface area contributed by atoms with Gasteiger partial charge in [-0.3, -0.25) is 0 Å². The third-order valence-corrected chi connectivity index (χ3v) is 2.58. The lowest BCUT2D eigenvalue weighted by atomic mass is 9.94. The van der Waals surface area contributed by atoms with E-state index in [1.165, 1.54) is 0 Å². The summed E-state index contributed by atoms with van der Waals surface area (Å²) < 4.78 is 28.9. The molecule has 0 aliphatic heterocycles. The number of hydrogen-bond acceptors (Lipinski definition) is 1. The van der Waals surface area contributed by atoms with Crippen molar-refractivity contribution in [1.29, 1.82) is 0 Å². The van der Waals surface area contributed by atoms with Crippen LogP contribution in [-0.4, -0.2) is 6.61 Å². The summed E-state index contributed by atoms with van der Waals surface area (Å²) in [6.45, 7) is 4.84. The van der Waals surface area contributed by atoms with Crippen LogP contribution >= 0.6 is 0 Å². The first-order chi connectivity index (χ1) is 7.60. The zero-order valence-electron chi connectivity index (χ0n) is 9.54. The van der Waals surface area contributed by atoms with Crippen LogP contribution < -0.4 is 4.74 Å². The second-order valence-electron chi connectivity index (χ2n) is 3.58. The smallest absolute Gasteiger partial charge is 0.387 e. The van der Waals surface area contributed by atoms with E-state index in [2.05, 4.69) is 11.3 Å². The molecular weight excluding hydrogens is 210 g/mol. The first kappa shape index (κ1) is 12.7. The number of alkyl halides is 2. The van der Waals surface area contributed by atoms with Gasteiger partial charge in [-0.05, 0) is 29.5 Å². The maximum atomic E-state index is 12.2. The van der Waals surface area contributed by atoms with Crippen molar-refractivity contribution in [2.75, 3.05) is 0 Å². The van der Waals surface area contributed by atoms with Gasteiger partial charge in [-0.2, -0.15) is 8.78 Å². The van der Waals surface area contributed by atoms with Gasteiger partial charge in [-0.25, -0.2) is 0 Å². The predicted octanol–water partition coefficient (Wildman–Crippen LogP) is 4.14. The highest BCUT2D eigenvalue weighted by Gasteiger charge is 2.14. The summed E-state index contributed by atoms with van der Waals surface area (Å²) >= 11 is 0. The molecule has 0 aliphatic rings. The molecule has 0 amide bonds. The lowest BCUT2D eigenvalue weighted by molar-refractivity contribution is -0.0504. The highest BCUT2D eigenvalue weighted by molar-refractivity contribution is 5.43. The number of hydrogen-bond donors (Lipinski definition) is 0. The summed E-state index contributed by atoms with van der Waals surface area (Å²) in [5, 5.41) is 0. The quantitative estimate of drug-likeness (QED) is 0.685. The molecule has 1 unspecified atom stereocenters. The molecule has 16 heavy (non-hydrogen) atoms. The molecule has 0 N–H and O–H groups in total. The zero-order valence-corrected chi connectivity index (χ0v) is 9.54. The monoisotopic (exact) mass is 226 g/mol. The van der Waals surface area contributed by atoms with Crippen LogP contribution in [0.25, 0.3) is 0 Å². The van der Waals surface area contributed by atoms with Gasteiger partial charge in [-0.1, -0.05) is 32.1 Å². The van der Waals surface area contributed by atoms with Gasteiger partial charge in [0.2, 0.25) is 0 Å². The summed E-state index contributed by atoms with van der Waals surface area (Å²) in [5.74, 6) is 0.403. The highest BCUT2D eigenvalue weighted by Crippen LogP contribution is 2.30. The van der Waals surface area contributed by atoms with Gasteiger partial charge in [0, 0.05) is 0 Å². The van der Waals surface area contributed by atoms with Crippen LogP contribution in [0.4, 0.5) is 8.78 Å². The van der Waals surface area contributed by atoms with Crippen LogP contribution in [0, 0.1) is 0 Å². The van der Waals surface area contributed by atoms with Gasteiger partial charge in [-0.15, -0.1) is 6.58 Å². The molecular formula is C13H16F2O. The number of ether oxygens (including phenoxy) is 1. The molecule has 0 saturated heterocycles. The second-order valence-corrected chi connectivity index (χ2v) is 3.58. The van der Waals surface area contributed by atoms with Crippen molar-refractivity contribution >= 4 is 0 Å². The molecule has 1 nitrogen and oxygen atoms in total. The molecule has 1 rings (SSSR count). The number of rotatable bonds is 5. The maximum Gasteiger partial charge on any atom is 0.387 e. The van der Waals surface area contributed by atoms with Gasteiger partial charge < -0.3 is 4.74 Å².